The maximum atomic E-state index is 5.24. The van der Waals surface area contributed by atoms with Crippen LogP contribution in [-0.2, 0) is 0 Å². The molecule has 0 N–H and O–H groups in total. The van der Waals surface area contributed by atoms with E-state index in [2.05, 4.69) is 63.2 Å². The van der Waals surface area contributed by atoms with E-state index in [0.29, 0.717) is 5.92 Å². The summed E-state index contributed by atoms with van der Waals surface area (Å²) in [6, 6.07) is 8.48. The van der Waals surface area contributed by atoms with Gasteiger partial charge in [-0.2, -0.15) is 0 Å². The molecule has 1 rings (SSSR count). The molecule has 0 aliphatic heterocycles. The lowest BCUT2D eigenvalue weighted by Gasteiger charge is -2.24. The van der Waals surface area contributed by atoms with E-state index in [9.17, 15) is 0 Å². The van der Waals surface area contributed by atoms with Gasteiger partial charge in [0.15, 0.2) is 0 Å². The minimum absolute atomic E-state index is 0.478. The minimum Gasteiger partial charge on any atom is -0.497 e. The monoisotopic (exact) mass is 261 g/mol. The van der Waals surface area contributed by atoms with Crippen LogP contribution in [0.1, 0.15) is 38.2 Å². The van der Waals surface area contributed by atoms with Crippen LogP contribution in [0.3, 0.4) is 0 Å². The summed E-state index contributed by atoms with van der Waals surface area (Å²) in [6.45, 7) is 5.44. The molecule has 2 heteroatoms. The third-order valence-corrected chi connectivity index (χ3v) is 3.42. The Morgan fingerprint density at radius 2 is 1.89 bits per heavy atom. The van der Waals surface area contributed by atoms with Crippen LogP contribution in [0.25, 0.3) is 0 Å². The summed E-state index contributed by atoms with van der Waals surface area (Å²) >= 11 is 0. The molecule has 106 valence electrons. The van der Waals surface area contributed by atoms with E-state index < -0.39 is 0 Å². The van der Waals surface area contributed by atoms with Crippen molar-refractivity contribution in [3.63, 3.8) is 0 Å². The predicted molar refractivity (Wildman–Crippen MR) is 83.0 cm³/mol. The molecule has 0 saturated carbocycles. The van der Waals surface area contributed by atoms with Crippen LogP contribution >= 0.6 is 0 Å². The summed E-state index contributed by atoms with van der Waals surface area (Å²) in [5, 5.41) is 0. The Morgan fingerprint density at radius 3 is 2.32 bits per heavy atom. The number of likely N-dealkylation sites (N-methyl/N-ethyl adjacent to an activating group) is 1. The maximum absolute atomic E-state index is 5.24. The molecule has 0 aromatic heterocycles. The van der Waals surface area contributed by atoms with Crippen LogP contribution in [0, 0.1) is 0 Å². The lowest BCUT2D eigenvalue weighted by molar-refractivity contribution is 0.385. The lowest BCUT2D eigenvalue weighted by Crippen LogP contribution is -2.21. The zero-order valence-electron chi connectivity index (χ0n) is 12.9. The van der Waals surface area contributed by atoms with Gasteiger partial charge in [0.1, 0.15) is 5.75 Å². The number of ether oxygens (including phenoxy) is 1. The van der Waals surface area contributed by atoms with E-state index in [1.165, 1.54) is 24.0 Å². The first-order valence-electron chi connectivity index (χ1n) is 7.06. The highest BCUT2D eigenvalue weighted by atomic mass is 16.5. The van der Waals surface area contributed by atoms with Crippen molar-refractivity contribution in [1.29, 1.82) is 0 Å². The van der Waals surface area contributed by atoms with Crippen molar-refractivity contribution in [3.05, 3.63) is 41.5 Å². The molecule has 0 spiro atoms. The van der Waals surface area contributed by atoms with Crippen LogP contribution < -0.4 is 4.74 Å². The molecule has 0 aliphatic rings. The predicted octanol–water partition coefficient (Wildman–Crippen LogP) is 4.09. The fraction of sp³-hybridized carbons (Fsp3) is 0.529. The lowest BCUT2D eigenvalue weighted by atomic mass is 9.88. The maximum Gasteiger partial charge on any atom is 0.118 e. The van der Waals surface area contributed by atoms with Gasteiger partial charge < -0.3 is 9.64 Å². The number of benzene rings is 1. The number of allylic oxidation sites excluding steroid dienone is 1. The third-order valence-electron chi connectivity index (χ3n) is 3.42. The molecule has 0 aliphatic carbocycles. The second-order valence-corrected chi connectivity index (χ2v) is 5.20. The molecule has 1 aromatic rings. The molecule has 0 saturated heterocycles. The molecular weight excluding hydrogens is 234 g/mol. The SMILES string of the molecule is C/C=C(\CCC)C(CN(C)C)c1ccc(OC)cc1. The van der Waals surface area contributed by atoms with E-state index in [4.69, 9.17) is 4.74 Å². The summed E-state index contributed by atoms with van der Waals surface area (Å²) in [7, 11) is 5.98. The van der Waals surface area contributed by atoms with Crippen molar-refractivity contribution >= 4 is 0 Å². The van der Waals surface area contributed by atoms with Crippen molar-refractivity contribution < 1.29 is 4.74 Å². The summed E-state index contributed by atoms with van der Waals surface area (Å²) in [4.78, 5) is 2.26. The van der Waals surface area contributed by atoms with Gasteiger partial charge in [-0.3, -0.25) is 0 Å². The van der Waals surface area contributed by atoms with E-state index >= 15 is 0 Å². The second kappa shape index (κ2) is 8.00. The minimum atomic E-state index is 0.478. The Morgan fingerprint density at radius 1 is 1.26 bits per heavy atom. The molecule has 1 unspecified atom stereocenters. The topological polar surface area (TPSA) is 12.5 Å². The molecular formula is C17H27NO. The zero-order chi connectivity index (χ0) is 14.3. The fourth-order valence-corrected chi connectivity index (χ4v) is 2.45. The van der Waals surface area contributed by atoms with E-state index in [1.807, 2.05) is 0 Å². The number of rotatable bonds is 7. The van der Waals surface area contributed by atoms with Crippen molar-refractivity contribution in [1.82, 2.24) is 4.90 Å². The van der Waals surface area contributed by atoms with Crippen LogP contribution in [0.4, 0.5) is 0 Å². The van der Waals surface area contributed by atoms with Crippen LogP contribution in [-0.4, -0.2) is 32.6 Å². The van der Waals surface area contributed by atoms with Crippen molar-refractivity contribution in [3.8, 4) is 5.75 Å². The van der Waals surface area contributed by atoms with Gasteiger partial charge in [0, 0.05) is 12.5 Å². The average Bonchev–Trinajstić information content (AvgIpc) is 2.42. The Balaban J connectivity index is 3.00. The molecule has 2 nitrogen and oxygen atoms in total. The van der Waals surface area contributed by atoms with Gasteiger partial charge in [-0.25, -0.2) is 0 Å². The molecule has 0 heterocycles. The highest BCUT2D eigenvalue weighted by molar-refractivity contribution is 5.34. The van der Waals surface area contributed by atoms with E-state index in [-0.39, 0.29) is 0 Å². The van der Waals surface area contributed by atoms with Crippen molar-refractivity contribution in [2.75, 3.05) is 27.7 Å². The molecule has 19 heavy (non-hydrogen) atoms. The zero-order valence-corrected chi connectivity index (χ0v) is 12.9. The number of methoxy groups -OCH3 is 1. The highest BCUT2D eigenvalue weighted by Crippen LogP contribution is 2.29. The number of hydrogen-bond acceptors (Lipinski definition) is 2. The fourth-order valence-electron chi connectivity index (χ4n) is 2.45. The Bertz CT molecular complexity index is 392. The van der Waals surface area contributed by atoms with Gasteiger partial charge in [-0.1, -0.05) is 37.1 Å². The van der Waals surface area contributed by atoms with E-state index in [1.54, 1.807) is 7.11 Å². The van der Waals surface area contributed by atoms with Gasteiger partial charge in [0.05, 0.1) is 7.11 Å². The van der Waals surface area contributed by atoms with Gasteiger partial charge in [-0.15, -0.1) is 0 Å². The van der Waals surface area contributed by atoms with Crippen LogP contribution in [0.2, 0.25) is 0 Å². The Labute approximate surface area is 118 Å². The quantitative estimate of drug-likeness (QED) is 0.686. The van der Waals surface area contributed by atoms with Gasteiger partial charge in [0.2, 0.25) is 0 Å². The molecule has 0 amide bonds. The first-order chi connectivity index (χ1) is 9.12. The van der Waals surface area contributed by atoms with Crippen LogP contribution in [0.5, 0.6) is 5.75 Å². The third kappa shape index (κ3) is 4.71. The summed E-state index contributed by atoms with van der Waals surface area (Å²) in [6.07, 6.45) is 4.64. The van der Waals surface area contributed by atoms with Gasteiger partial charge >= 0.3 is 0 Å². The van der Waals surface area contributed by atoms with Crippen LogP contribution in [0.15, 0.2) is 35.9 Å². The largest absolute Gasteiger partial charge is 0.497 e. The molecule has 0 bridgehead atoms. The molecule has 0 radical (unpaired) electrons. The van der Waals surface area contributed by atoms with Crippen molar-refractivity contribution in [2.24, 2.45) is 0 Å². The number of hydrogen-bond donors (Lipinski definition) is 0. The molecule has 1 aromatic carbocycles. The second-order valence-electron chi connectivity index (χ2n) is 5.20. The Hall–Kier alpha value is -1.28. The van der Waals surface area contributed by atoms with Gasteiger partial charge in [0.25, 0.3) is 0 Å². The average molecular weight is 261 g/mol. The van der Waals surface area contributed by atoms with E-state index in [0.717, 1.165) is 12.3 Å². The highest BCUT2D eigenvalue weighted by Gasteiger charge is 2.16. The van der Waals surface area contributed by atoms with Gasteiger partial charge in [-0.05, 0) is 45.1 Å². The smallest absolute Gasteiger partial charge is 0.118 e. The first kappa shape index (κ1) is 15.8. The first-order valence-corrected chi connectivity index (χ1v) is 7.06. The Kier molecular flexibility index (Phi) is 6.65. The van der Waals surface area contributed by atoms with Crippen molar-refractivity contribution in [2.45, 2.75) is 32.6 Å². The number of nitrogens with zero attached hydrogens (tertiary/aromatic N) is 1. The normalized spacial score (nSPS) is 13.7. The molecule has 1 atom stereocenters. The summed E-state index contributed by atoms with van der Waals surface area (Å²) < 4.78 is 5.24. The summed E-state index contributed by atoms with van der Waals surface area (Å²) in [5.74, 6) is 1.40. The standard InChI is InChI=1S/C17H27NO/c1-6-8-14(7-2)17(13-18(3)4)15-9-11-16(19-5)12-10-15/h7,9-12,17H,6,8,13H2,1-5H3/b14-7+. The summed E-state index contributed by atoms with van der Waals surface area (Å²) in [5.41, 5.74) is 2.90. The molecule has 0 fully saturated rings.